The average molecular weight is 432 g/mol. The van der Waals surface area contributed by atoms with E-state index in [0.717, 1.165) is 5.56 Å². The maximum Gasteiger partial charge on any atom is 0.232 e. The number of carbonyl (C=O) groups excluding carboxylic acids is 2. The van der Waals surface area contributed by atoms with Gasteiger partial charge in [-0.3, -0.25) is 14.5 Å². The maximum absolute atomic E-state index is 14.6. The van der Waals surface area contributed by atoms with Gasteiger partial charge in [0.05, 0.1) is 15.7 Å². The number of allylic oxidation sites excluding steroid dienone is 2. The number of anilines is 1. The topological polar surface area (TPSA) is 37.4 Å². The summed E-state index contributed by atoms with van der Waals surface area (Å²) in [4.78, 5) is 27.8. The molecule has 6 heteroatoms. The van der Waals surface area contributed by atoms with Crippen LogP contribution in [-0.2, 0) is 9.59 Å². The summed E-state index contributed by atoms with van der Waals surface area (Å²) in [7, 11) is 0. The van der Waals surface area contributed by atoms with Gasteiger partial charge in [0.25, 0.3) is 0 Å². The van der Waals surface area contributed by atoms with E-state index in [4.69, 9.17) is 23.2 Å². The van der Waals surface area contributed by atoms with Gasteiger partial charge in [-0.25, -0.2) is 4.39 Å². The van der Waals surface area contributed by atoms with E-state index in [1.165, 1.54) is 11.0 Å². The zero-order valence-corrected chi connectivity index (χ0v) is 17.6. The van der Waals surface area contributed by atoms with Gasteiger partial charge in [0.15, 0.2) is 5.78 Å². The van der Waals surface area contributed by atoms with Crippen LogP contribution in [0.1, 0.15) is 44.6 Å². The van der Waals surface area contributed by atoms with Crippen molar-refractivity contribution >= 4 is 40.6 Å². The number of halogens is 3. The smallest absolute Gasteiger partial charge is 0.232 e. The molecular formula is C23H20Cl2FNO2. The average Bonchev–Trinajstić information content (AvgIpc) is 2.63. The third-order valence-corrected chi connectivity index (χ3v) is 6.32. The molecule has 1 aliphatic carbocycles. The summed E-state index contributed by atoms with van der Waals surface area (Å²) in [6.07, 6.45) is 0.951. The van der Waals surface area contributed by atoms with Crippen molar-refractivity contribution in [2.24, 2.45) is 5.41 Å². The zero-order valence-electron chi connectivity index (χ0n) is 16.1. The molecule has 2 aromatic carbocycles. The van der Waals surface area contributed by atoms with E-state index in [-0.39, 0.29) is 29.2 Å². The third kappa shape index (κ3) is 3.60. The van der Waals surface area contributed by atoms with Gasteiger partial charge in [-0.1, -0.05) is 55.2 Å². The van der Waals surface area contributed by atoms with Crippen LogP contribution in [0.3, 0.4) is 0 Å². The van der Waals surface area contributed by atoms with Crippen molar-refractivity contribution < 1.29 is 14.0 Å². The van der Waals surface area contributed by atoms with Crippen molar-refractivity contribution in [2.75, 3.05) is 4.90 Å². The lowest BCUT2D eigenvalue weighted by atomic mass is 9.69. The zero-order chi connectivity index (χ0) is 20.9. The van der Waals surface area contributed by atoms with Crippen molar-refractivity contribution in [3.8, 4) is 0 Å². The first-order valence-corrected chi connectivity index (χ1v) is 10.2. The Morgan fingerprint density at radius 3 is 2.45 bits per heavy atom. The van der Waals surface area contributed by atoms with Crippen molar-refractivity contribution in [3.05, 3.63) is 75.2 Å². The van der Waals surface area contributed by atoms with Crippen LogP contribution in [0.4, 0.5) is 10.1 Å². The number of carbonyl (C=O) groups is 2. The summed E-state index contributed by atoms with van der Waals surface area (Å²) < 4.78 is 14.6. The van der Waals surface area contributed by atoms with Crippen LogP contribution < -0.4 is 4.90 Å². The summed E-state index contributed by atoms with van der Waals surface area (Å²) in [5, 5.41) is 0.787. The second-order valence-electron chi connectivity index (χ2n) is 8.41. The van der Waals surface area contributed by atoms with Gasteiger partial charge in [0.1, 0.15) is 5.82 Å². The minimum Gasteiger partial charge on any atom is -0.294 e. The Morgan fingerprint density at radius 2 is 1.76 bits per heavy atom. The summed E-state index contributed by atoms with van der Waals surface area (Å²) in [5.41, 5.74) is 1.79. The molecule has 1 heterocycles. The molecule has 0 aromatic heterocycles. The van der Waals surface area contributed by atoms with E-state index in [2.05, 4.69) is 0 Å². The number of Topliss-reactive ketones (excluding diaryl/α,β-unsaturated/α-hetero) is 1. The fraction of sp³-hybridized carbons (Fsp3) is 0.304. The largest absolute Gasteiger partial charge is 0.294 e. The van der Waals surface area contributed by atoms with Gasteiger partial charge in [0.2, 0.25) is 5.91 Å². The lowest BCUT2D eigenvalue weighted by Gasteiger charge is -2.43. The monoisotopic (exact) mass is 431 g/mol. The van der Waals surface area contributed by atoms with E-state index in [9.17, 15) is 14.0 Å². The van der Waals surface area contributed by atoms with Crippen LogP contribution in [0.5, 0.6) is 0 Å². The molecule has 150 valence electrons. The SMILES string of the molecule is CC1(C)CC(=O)C2=C(C1)N(c1ccccc1F)C(=O)CC2c1ccc(Cl)c(Cl)c1. The maximum atomic E-state index is 14.6. The van der Waals surface area contributed by atoms with E-state index in [1.54, 1.807) is 36.4 Å². The Bertz CT molecular complexity index is 1060. The van der Waals surface area contributed by atoms with E-state index in [0.29, 0.717) is 34.2 Å². The van der Waals surface area contributed by atoms with Gasteiger partial charge < -0.3 is 0 Å². The molecule has 4 rings (SSSR count). The van der Waals surface area contributed by atoms with Gasteiger partial charge in [-0.05, 0) is 41.7 Å². The number of rotatable bonds is 2. The first-order valence-electron chi connectivity index (χ1n) is 9.46. The highest BCUT2D eigenvalue weighted by molar-refractivity contribution is 6.42. The molecule has 1 amide bonds. The Morgan fingerprint density at radius 1 is 1.03 bits per heavy atom. The molecule has 29 heavy (non-hydrogen) atoms. The molecule has 0 saturated heterocycles. The highest BCUT2D eigenvalue weighted by Crippen LogP contribution is 2.48. The minimum atomic E-state index is -0.489. The first kappa shape index (κ1) is 20.1. The van der Waals surface area contributed by atoms with E-state index < -0.39 is 11.7 Å². The summed E-state index contributed by atoms with van der Waals surface area (Å²) in [5.74, 6) is -1.16. The van der Waals surface area contributed by atoms with Crippen molar-refractivity contribution in [1.29, 1.82) is 0 Å². The molecule has 0 N–H and O–H groups in total. The number of para-hydroxylation sites is 1. The van der Waals surface area contributed by atoms with Crippen molar-refractivity contribution in [3.63, 3.8) is 0 Å². The van der Waals surface area contributed by atoms with Crippen LogP contribution in [-0.4, -0.2) is 11.7 Å². The molecule has 1 unspecified atom stereocenters. The lowest BCUT2D eigenvalue weighted by molar-refractivity contribution is -0.121. The van der Waals surface area contributed by atoms with Gasteiger partial charge in [-0.2, -0.15) is 0 Å². The van der Waals surface area contributed by atoms with Gasteiger partial charge >= 0.3 is 0 Å². The summed E-state index contributed by atoms with van der Waals surface area (Å²) in [6.45, 7) is 3.98. The molecule has 1 aliphatic heterocycles. The van der Waals surface area contributed by atoms with Gasteiger partial charge in [-0.15, -0.1) is 0 Å². The minimum absolute atomic E-state index is 0.0128. The fourth-order valence-electron chi connectivity index (χ4n) is 4.34. The van der Waals surface area contributed by atoms with Crippen molar-refractivity contribution in [1.82, 2.24) is 0 Å². The van der Waals surface area contributed by atoms with Crippen molar-refractivity contribution in [2.45, 2.75) is 39.0 Å². The highest BCUT2D eigenvalue weighted by atomic mass is 35.5. The highest BCUT2D eigenvalue weighted by Gasteiger charge is 2.44. The lowest BCUT2D eigenvalue weighted by Crippen LogP contribution is -2.44. The Hall–Kier alpha value is -2.17. The third-order valence-electron chi connectivity index (χ3n) is 5.58. The molecule has 1 atom stereocenters. The van der Waals surface area contributed by atoms with E-state index >= 15 is 0 Å². The van der Waals surface area contributed by atoms with Crippen LogP contribution in [0, 0.1) is 11.2 Å². The molecule has 2 aliphatic rings. The molecule has 3 nitrogen and oxygen atoms in total. The molecular weight excluding hydrogens is 412 g/mol. The molecule has 0 saturated carbocycles. The number of nitrogens with zero attached hydrogens (tertiary/aromatic N) is 1. The molecule has 0 radical (unpaired) electrons. The number of amides is 1. The summed E-state index contributed by atoms with van der Waals surface area (Å²) >= 11 is 12.2. The molecule has 0 bridgehead atoms. The predicted molar refractivity (Wildman–Crippen MR) is 113 cm³/mol. The Kier molecular flexibility index (Phi) is 5.04. The standard InChI is InChI=1S/C23H20Cl2FNO2/c1-23(2)11-19-22(20(28)12-23)14(13-7-8-15(24)16(25)9-13)10-21(29)27(19)18-6-4-3-5-17(18)26/h3-9,14H,10-12H2,1-2H3. The number of ketones is 1. The van der Waals surface area contributed by atoms with Crippen LogP contribution in [0.25, 0.3) is 0 Å². The van der Waals surface area contributed by atoms with Crippen LogP contribution in [0.2, 0.25) is 10.0 Å². The Balaban J connectivity index is 1.92. The first-order chi connectivity index (χ1) is 13.7. The number of hydrogen-bond acceptors (Lipinski definition) is 2. The quantitative estimate of drug-likeness (QED) is 0.559. The molecule has 0 fully saturated rings. The van der Waals surface area contributed by atoms with Crippen LogP contribution in [0.15, 0.2) is 53.7 Å². The number of hydrogen-bond donors (Lipinski definition) is 0. The molecule has 0 spiro atoms. The summed E-state index contributed by atoms with van der Waals surface area (Å²) in [6, 6.07) is 11.3. The van der Waals surface area contributed by atoms with Gasteiger partial charge in [0, 0.05) is 30.0 Å². The Labute approximate surface area is 179 Å². The molecule has 2 aromatic rings. The second-order valence-corrected chi connectivity index (χ2v) is 9.23. The normalized spacial score (nSPS) is 21.4. The predicted octanol–water partition coefficient (Wildman–Crippen LogP) is 6.30. The second kappa shape index (κ2) is 7.26. The number of benzene rings is 2. The fourth-order valence-corrected chi connectivity index (χ4v) is 4.65. The van der Waals surface area contributed by atoms with Crippen LogP contribution >= 0.6 is 23.2 Å². The van der Waals surface area contributed by atoms with E-state index in [1.807, 2.05) is 13.8 Å².